The van der Waals surface area contributed by atoms with Gasteiger partial charge in [-0.15, -0.1) is 5.10 Å². The van der Waals surface area contributed by atoms with E-state index in [1.165, 1.54) is 4.68 Å². The van der Waals surface area contributed by atoms with Crippen molar-refractivity contribution < 1.29 is 19.0 Å². The molecule has 0 bridgehead atoms. The van der Waals surface area contributed by atoms with Gasteiger partial charge in [-0.2, -0.15) is 0 Å². The molecule has 3 rings (SSSR count). The summed E-state index contributed by atoms with van der Waals surface area (Å²) >= 11 is 0. The Morgan fingerprint density at radius 1 is 1.33 bits per heavy atom. The molecule has 110 valence electrons. The van der Waals surface area contributed by atoms with Crippen LogP contribution in [0.5, 0.6) is 11.5 Å². The number of carbonyl (C=O) groups excluding carboxylic acids is 1. The normalized spacial score (nSPS) is 13.0. The maximum Gasteiger partial charge on any atom is 0.378 e. The lowest BCUT2D eigenvalue weighted by Crippen LogP contribution is -2.15. The van der Waals surface area contributed by atoms with E-state index in [-0.39, 0.29) is 12.4 Å². The molecule has 0 radical (unpaired) electrons. The van der Waals surface area contributed by atoms with Gasteiger partial charge in [0.05, 0.1) is 6.61 Å². The summed E-state index contributed by atoms with van der Waals surface area (Å²) in [4.78, 5) is 15.9. The number of aromatic nitrogens is 3. The zero-order valence-electron chi connectivity index (χ0n) is 11.8. The van der Waals surface area contributed by atoms with Gasteiger partial charge in [0.25, 0.3) is 5.82 Å². The monoisotopic (exact) mass is 289 g/mol. The topological polar surface area (TPSA) is 75.5 Å². The molecule has 0 spiro atoms. The quantitative estimate of drug-likeness (QED) is 0.796. The van der Waals surface area contributed by atoms with E-state index in [2.05, 4.69) is 10.1 Å². The zero-order valence-corrected chi connectivity index (χ0v) is 11.8. The van der Waals surface area contributed by atoms with Gasteiger partial charge in [0, 0.05) is 12.6 Å². The molecule has 0 atom stereocenters. The van der Waals surface area contributed by atoms with Crippen LogP contribution in [0.4, 0.5) is 0 Å². The molecule has 0 N–H and O–H groups in total. The molecule has 1 aliphatic rings. The predicted octanol–water partition coefficient (Wildman–Crippen LogP) is 1.43. The lowest BCUT2D eigenvalue weighted by Gasteiger charge is -2.18. The second kappa shape index (κ2) is 5.43. The van der Waals surface area contributed by atoms with Crippen molar-refractivity contribution in [3.63, 3.8) is 0 Å². The average molecular weight is 289 g/mol. The van der Waals surface area contributed by atoms with Crippen molar-refractivity contribution in [2.24, 2.45) is 7.05 Å². The van der Waals surface area contributed by atoms with Gasteiger partial charge in [-0.25, -0.2) is 14.5 Å². The number of esters is 1. The first-order valence-electron chi connectivity index (χ1n) is 6.67. The molecule has 2 aromatic rings. The number of benzene rings is 1. The fourth-order valence-corrected chi connectivity index (χ4v) is 2.10. The van der Waals surface area contributed by atoms with Crippen LogP contribution in [-0.4, -0.2) is 40.6 Å². The summed E-state index contributed by atoms with van der Waals surface area (Å²) in [5, 5.41) is 4.08. The first-order chi connectivity index (χ1) is 10.2. The largest absolute Gasteiger partial charge is 0.486 e. The molecule has 21 heavy (non-hydrogen) atoms. The van der Waals surface area contributed by atoms with E-state index >= 15 is 0 Å². The SMILES string of the molecule is CCOC(=O)c1nc(-c2ccc3c(c2)OCCO3)n(C)n1. The Kier molecular flexibility index (Phi) is 3.47. The van der Waals surface area contributed by atoms with Gasteiger partial charge in [-0.05, 0) is 25.1 Å². The third-order valence-electron chi connectivity index (χ3n) is 3.02. The van der Waals surface area contributed by atoms with Crippen molar-refractivity contribution in [2.45, 2.75) is 6.92 Å². The number of hydrogen-bond donors (Lipinski definition) is 0. The number of ether oxygens (including phenoxy) is 3. The highest BCUT2D eigenvalue weighted by molar-refractivity contribution is 5.85. The highest BCUT2D eigenvalue weighted by Gasteiger charge is 2.19. The number of aryl methyl sites for hydroxylation is 1. The molecule has 0 fully saturated rings. The van der Waals surface area contributed by atoms with Crippen molar-refractivity contribution in [2.75, 3.05) is 19.8 Å². The molecule has 1 aliphatic heterocycles. The summed E-state index contributed by atoms with van der Waals surface area (Å²) in [5.74, 6) is 1.45. The van der Waals surface area contributed by atoms with Crippen LogP contribution in [0.25, 0.3) is 11.4 Å². The molecule has 0 saturated heterocycles. The standard InChI is InChI=1S/C14H15N3O4/c1-3-19-14(18)12-15-13(17(2)16-12)9-4-5-10-11(8-9)21-7-6-20-10/h4-5,8H,3,6-7H2,1-2H3. The molecule has 7 nitrogen and oxygen atoms in total. The smallest absolute Gasteiger partial charge is 0.378 e. The van der Waals surface area contributed by atoms with E-state index in [0.717, 1.165) is 5.56 Å². The van der Waals surface area contributed by atoms with Gasteiger partial charge in [0.15, 0.2) is 17.3 Å². The Labute approximate surface area is 121 Å². The van der Waals surface area contributed by atoms with Crippen LogP contribution in [0.2, 0.25) is 0 Å². The van der Waals surface area contributed by atoms with Crippen LogP contribution < -0.4 is 9.47 Å². The van der Waals surface area contributed by atoms with E-state index in [1.807, 2.05) is 18.2 Å². The first-order valence-corrected chi connectivity index (χ1v) is 6.67. The van der Waals surface area contributed by atoms with E-state index < -0.39 is 5.97 Å². The number of hydrogen-bond acceptors (Lipinski definition) is 6. The van der Waals surface area contributed by atoms with Crippen LogP contribution in [0.3, 0.4) is 0 Å². The Morgan fingerprint density at radius 2 is 2.10 bits per heavy atom. The summed E-state index contributed by atoms with van der Waals surface area (Å²) in [6.45, 7) is 3.09. The summed E-state index contributed by atoms with van der Waals surface area (Å²) in [5.41, 5.74) is 0.796. The Hall–Kier alpha value is -2.57. The van der Waals surface area contributed by atoms with Crippen molar-refractivity contribution in [3.05, 3.63) is 24.0 Å². The molecular weight excluding hydrogens is 274 g/mol. The van der Waals surface area contributed by atoms with Gasteiger partial charge < -0.3 is 14.2 Å². The average Bonchev–Trinajstić information content (AvgIpc) is 2.89. The lowest BCUT2D eigenvalue weighted by molar-refractivity contribution is 0.0512. The number of rotatable bonds is 3. The molecular formula is C14H15N3O4. The van der Waals surface area contributed by atoms with Gasteiger partial charge in [0.2, 0.25) is 0 Å². The summed E-state index contributed by atoms with van der Waals surface area (Å²) in [7, 11) is 1.72. The predicted molar refractivity (Wildman–Crippen MR) is 73.4 cm³/mol. The van der Waals surface area contributed by atoms with Gasteiger partial charge in [-0.3, -0.25) is 0 Å². The maximum absolute atomic E-state index is 11.7. The Bertz CT molecular complexity index is 681. The highest BCUT2D eigenvalue weighted by atomic mass is 16.6. The molecule has 7 heteroatoms. The van der Waals surface area contributed by atoms with Crippen LogP contribution in [0.15, 0.2) is 18.2 Å². The fraction of sp³-hybridized carbons (Fsp3) is 0.357. The fourth-order valence-electron chi connectivity index (χ4n) is 2.10. The van der Waals surface area contributed by atoms with Crippen molar-refractivity contribution in [1.82, 2.24) is 14.8 Å². The van der Waals surface area contributed by atoms with Gasteiger partial charge in [-0.1, -0.05) is 0 Å². The minimum Gasteiger partial charge on any atom is -0.486 e. The van der Waals surface area contributed by atoms with Crippen LogP contribution >= 0.6 is 0 Å². The van der Waals surface area contributed by atoms with Crippen molar-refractivity contribution >= 4 is 5.97 Å². The van der Waals surface area contributed by atoms with Crippen molar-refractivity contribution in [3.8, 4) is 22.9 Å². The summed E-state index contributed by atoms with van der Waals surface area (Å²) < 4.78 is 17.5. The van der Waals surface area contributed by atoms with Crippen LogP contribution in [0, 0.1) is 0 Å². The molecule has 1 aromatic heterocycles. The molecule has 2 heterocycles. The van der Waals surface area contributed by atoms with Crippen LogP contribution in [0.1, 0.15) is 17.5 Å². The highest BCUT2D eigenvalue weighted by Crippen LogP contribution is 2.33. The molecule has 0 unspecified atom stereocenters. The van der Waals surface area contributed by atoms with E-state index in [1.54, 1.807) is 14.0 Å². The summed E-state index contributed by atoms with van der Waals surface area (Å²) in [6.07, 6.45) is 0. The molecule has 1 aromatic carbocycles. The molecule has 0 aliphatic carbocycles. The Balaban J connectivity index is 1.95. The molecule has 0 amide bonds. The second-order valence-corrected chi connectivity index (χ2v) is 4.46. The number of carbonyl (C=O) groups is 1. The minimum absolute atomic E-state index is 0.0456. The van der Waals surface area contributed by atoms with Crippen molar-refractivity contribution in [1.29, 1.82) is 0 Å². The van der Waals surface area contributed by atoms with E-state index in [4.69, 9.17) is 14.2 Å². The zero-order chi connectivity index (χ0) is 14.8. The minimum atomic E-state index is -0.531. The Morgan fingerprint density at radius 3 is 2.86 bits per heavy atom. The first kappa shape index (κ1) is 13.4. The third-order valence-corrected chi connectivity index (χ3v) is 3.02. The van der Waals surface area contributed by atoms with Gasteiger partial charge >= 0.3 is 5.97 Å². The molecule has 0 saturated carbocycles. The maximum atomic E-state index is 11.7. The number of nitrogens with zero attached hydrogens (tertiary/aromatic N) is 3. The van der Waals surface area contributed by atoms with E-state index in [0.29, 0.717) is 30.5 Å². The third kappa shape index (κ3) is 2.54. The number of fused-ring (bicyclic) bond motifs is 1. The second-order valence-electron chi connectivity index (χ2n) is 4.46. The van der Waals surface area contributed by atoms with Gasteiger partial charge in [0.1, 0.15) is 13.2 Å². The van der Waals surface area contributed by atoms with E-state index in [9.17, 15) is 4.79 Å². The van der Waals surface area contributed by atoms with Crippen LogP contribution in [-0.2, 0) is 11.8 Å². The summed E-state index contributed by atoms with van der Waals surface area (Å²) in [6, 6.07) is 5.50. The lowest BCUT2D eigenvalue weighted by atomic mass is 10.2.